The van der Waals surface area contributed by atoms with Crippen molar-refractivity contribution in [3.63, 3.8) is 0 Å². The summed E-state index contributed by atoms with van der Waals surface area (Å²) in [5.41, 5.74) is 3.14. The summed E-state index contributed by atoms with van der Waals surface area (Å²) in [5.74, 6) is 0. The van der Waals surface area contributed by atoms with Crippen LogP contribution >= 0.6 is 0 Å². The number of hydrogen-bond acceptors (Lipinski definition) is 2. The Bertz CT molecular complexity index is 502. The van der Waals surface area contributed by atoms with Crippen LogP contribution in [0.3, 0.4) is 0 Å². The Morgan fingerprint density at radius 1 is 1.14 bits per heavy atom. The predicted molar refractivity (Wildman–Crippen MR) is 89.4 cm³/mol. The molecule has 3 heteroatoms. The third kappa shape index (κ3) is 2.88. The summed E-state index contributed by atoms with van der Waals surface area (Å²) in [6.07, 6.45) is 7.67. The zero-order valence-corrected chi connectivity index (χ0v) is 14.3. The van der Waals surface area contributed by atoms with Crippen molar-refractivity contribution in [3.05, 3.63) is 35.4 Å². The monoisotopic (exact) mass is 305 g/mol. The molecule has 1 saturated carbocycles. The Morgan fingerprint density at radius 2 is 1.81 bits per heavy atom. The molecule has 1 fully saturated rings. The minimum Gasteiger partial charge on any atom is -0.598 e. The molecule has 1 aromatic carbocycles. The summed E-state index contributed by atoms with van der Waals surface area (Å²) in [6, 6.07) is 9.01. The van der Waals surface area contributed by atoms with Gasteiger partial charge in [0.1, 0.15) is 4.75 Å². The lowest BCUT2D eigenvalue weighted by Crippen LogP contribution is -2.46. The highest BCUT2D eigenvalue weighted by molar-refractivity contribution is 7.90. The quantitative estimate of drug-likeness (QED) is 0.827. The van der Waals surface area contributed by atoms with Gasteiger partial charge in [-0.1, -0.05) is 43.5 Å². The number of benzene rings is 1. The van der Waals surface area contributed by atoms with E-state index in [1.54, 1.807) is 0 Å². The van der Waals surface area contributed by atoms with Crippen molar-refractivity contribution in [2.24, 2.45) is 5.41 Å². The first kappa shape index (κ1) is 15.4. The average molecular weight is 305 g/mol. The zero-order valence-electron chi connectivity index (χ0n) is 13.4. The topological polar surface area (TPSA) is 35.1 Å². The lowest BCUT2D eigenvalue weighted by Gasteiger charge is -2.40. The summed E-state index contributed by atoms with van der Waals surface area (Å²) < 4.78 is 15.9. The van der Waals surface area contributed by atoms with E-state index >= 15 is 0 Å². The largest absolute Gasteiger partial charge is 0.598 e. The van der Waals surface area contributed by atoms with Gasteiger partial charge in [0.05, 0.1) is 6.04 Å². The molecule has 3 rings (SSSR count). The molecule has 0 aliphatic heterocycles. The summed E-state index contributed by atoms with van der Waals surface area (Å²) in [6.45, 7) is 6.14. The number of rotatable bonds is 2. The Kier molecular flexibility index (Phi) is 4.10. The fourth-order valence-corrected chi connectivity index (χ4v) is 4.93. The van der Waals surface area contributed by atoms with Gasteiger partial charge in [0, 0.05) is 11.4 Å². The van der Waals surface area contributed by atoms with Crippen LogP contribution < -0.4 is 4.72 Å². The number of nitrogens with one attached hydrogen (secondary N) is 1. The third-order valence-corrected chi connectivity index (χ3v) is 6.71. The SMILES string of the molecule is CC(C)(C)[S@@+]([O-])N[C@@H]1c2ccccc2CC12CCCCC2. The van der Waals surface area contributed by atoms with Gasteiger partial charge < -0.3 is 4.55 Å². The molecule has 21 heavy (non-hydrogen) atoms. The van der Waals surface area contributed by atoms with Gasteiger partial charge in [-0.25, -0.2) is 0 Å². The maximum atomic E-state index is 12.7. The van der Waals surface area contributed by atoms with E-state index in [1.807, 2.05) is 20.8 Å². The van der Waals surface area contributed by atoms with E-state index in [1.165, 1.54) is 43.2 Å². The highest BCUT2D eigenvalue weighted by atomic mass is 32.2. The first-order chi connectivity index (χ1) is 9.92. The fourth-order valence-electron chi connectivity index (χ4n) is 3.98. The van der Waals surface area contributed by atoms with Crippen LogP contribution in [0.4, 0.5) is 0 Å². The van der Waals surface area contributed by atoms with Crippen molar-refractivity contribution >= 4 is 11.4 Å². The summed E-state index contributed by atoms with van der Waals surface area (Å²) in [5, 5.41) is 0. The van der Waals surface area contributed by atoms with Gasteiger partial charge in [0.15, 0.2) is 0 Å². The average Bonchev–Trinajstić information content (AvgIpc) is 2.72. The van der Waals surface area contributed by atoms with Gasteiger partial charge in [0.25, 0.3) is 0 Å². The number of fused-ring (bicyclic) bond motifs is 1. The molecule has 0 saturated heterocycles. The van der Waals surface area contributed by atoms with Crippen molar-refractivity contribution < 1.29 is 4.55 Å². The molecule has 2 nitrogen and oxygen atoms in total. The predicted octanol–water partition coefficient (Wildman–Crippen LogP) is 4.29. The van der Waals surface area contributed by atoms with Crippen molar-refractivity contribution in [1.29, 1.82) is 0 Å². The Morgan fingerprint density at radius 3 is 2.48 bits per heavy atom. The van der Waals surface area contributed by atoms with Crippen molar-refractivity contribution in [3.8, 4) is 0 Å². The van der Waals surface area contributed by atoms with Crippen molar-refractivity contribution in [2.45, 2.75) is 70.1 Å². The molecular weight excluding hydrogens is 278 g/mol. The fraction of sp³-hybridized carbons (Fsp3) is 0.667. The van der Waals surface area contributed by atoms with Gasteiger partial charge >= 0.3 is 0 Å². The van der Waals surface area contributed by atoms with Gasteiger partial charge in [-0.3, -0.25) is 0 Å². The summed E-state index contributed by atoms with van der Waals surface area (Å²) in [7, 11) is 0. The van der Waals surface area contributed by atoms with Crippen LogP contribution in [0.2, 0.25) is 0 Å². The summed E-state index contributed by atoms with van der Waals surface area (Å²) >= 11 is -1.01. The molecule has 1 aromatic rings. The van der Waals surface area contributed by atoms with Gasteiger partial charge in [-0.05, 0) is 56.6 Å². The molecule has 0 unspecified atom stereocenters. The van der Waals surface area contributed by atoms with E-state index in [4.69, 9.17) is 0 Å². The molecule has 1 spiro atoms. The molecule has 2 aliphatic rings. The Hall–Kier alpha value is -0.510. The third-order valence-electron chi connectivity index (χ3n) is 5.15. The second kappa shape index (κ2) is 5.60. The summed E-state index contributed by atoms with van der Waals surface area (Å²) in [4.78, 5) is 0. The maximum Gasteiger partial charge on any atom is 0.136 e. The first-order valence-electron chi connectivity index (χ1n) is 8.18. The van der Waals surface area contributed by atoms with Crippen LogP contribution in [0.25, 0.3) is 0 Å². The second-order valence-corrected chi connectivity index (χ2v) is 9.73. The molecule has 116 valence electrons. The first-order valence-corrected chi connectivity index (χ1v) is 9.33. The molecule has 0 bridgehead atoms. The van der Waals surface area contributed by atoms with E-state index in [0.29, 0.717) is 5.41 Å². The minimum absolute atomic E-state index is 0.215. The molecule has 1 N–H and O–H groups in total. The van der Waals surface area contributed by atoms with Gasteiger partial charge in [-0.15, -0.1) is 4.72 Å². The van der Waals surface area contributed by atoms with E-state index in [-0.39, 0.29) is 10.8 Å². The molecule has 0 aromatic heterocycles. The van der Waals surface area contributed by atoms with Crippen LogP contribution in [-0.2, 0) is 17.8 Å². The normalized spacial score (nSPS) is 25.8. The molecule has 2 aliphatic carbocycles. The molecule has 0 amide bonds. The lowest BCUT2D eigenvalue weighted by atomic mass is 9.70. The smallest absolute Gasteiger partial charge is 0.136 e. The molecule has 2 atom stereocenters. The molecule has 0 heterocycles. The minimum atomic E-state index is -1.01. The Labute approximate surface area is 132 Å². The second-order valence-electron chi connectivity index (χ2n) is 7.73. The van der Waals surface area contributed by atoms with Crippen molar-refractivity contribution in [2.75, 3.05) is 0 Å². The van der Waals surface area contributed by atoms with Crippen molar-refractivity contribution in [1.82, 2.24) is 4.72 Å². The highest BCUT2D eigenvalue weighted by Gasteiger charge is 2.49. The van der Waals surface area contributed by atoms with Gasteiger partial charge in [-0.2, -0.15) is 0 Å². The van der Waals surface area contributed by atoms with Crippen LogP contribution in [0.1, 0.15) is 70.0 Å². The van der Waals surface area contributed by atoms with Crippen LogP contribution in [0, 0.1) is 5.41 Å². The van der Waals surface area contributed by atoms with E-state index in [0.717, 1.165) is 6.42 Å². The van der Waals surface area contributed by atoms with E-state index in [9.17, 15) is 4.55 Å². The molecule has 0 radical (unpaired) electrons. The van der Waals surface area contributed by atoms with Crippen LogP contribution in [-0.4, -0.2) is 9.30 Å². The highest BCUT2D eigenvalue weighted by Crippen LogP contribution is 2.54. The number of hydrogen-bond donors (Lipinski definition) is 1. The lowest BCUT2D eigenvalue weighted by molar-refractivity contribution is 0.152. The van der Waals surface area contributed by atoms with Crippen LogP contribution in [0.15, 0.2) is 24.3 Å². The maximum absolute atomic E-state index is 12.7. The van der Waals surface area contributed by atoms with Gasteiger partial charge in [0.2, 0.25) is 0 Å². The Balaban J connectivity index is 1.92. The van der Waals surface area contributed by atoms with Crippen LogP contribution in [0.5, 0.6) is 0 Å². The molecular formula is C18H27NOS. The standard InChI is InChI=1S/C18H27NOS/c1-17(2,3)21(20)19-16-15-10-6-5-9-14(15)13-18(16)11-7-4-8-12-18/h5-6,9-10,16,19H,4,7-8,11-13H2,1-3H3/t16-,21-/m1/s1. The zero-order chi connectivity index (χ0) is 15.1. The van der Waals surface area contributed by atoms with E-state index in [2.05, 4.69) is 29.0 Å². The van der Waals surface area contributed by atoms with E-state index < -0.39 is 11.4 Å².